The highest BCUT2D eigenvalue weighted by molar-refractivity contribution is 7.93. The minimum Gasteiger partial charge on any atom is -0.374 e. The molecule has 3 rings (SSSR count). The van der Waals surface area contributed by atoms with Crippen molar-refractivity contribution in [2.24, 2.45) is 4.99 Å². The lowest BCUT2D eigenvalue weighted by Crippen LogP contribution is -2.53. The maximum atomic E-state index is 14.6. The molecule has 0 fully saturated rings. The number of hydrogen-bond acceptors (Lipinski definition) is 4. The standard InChI is InChI=1S/C21H24FNO3S/c1-16-20(2,3)27(24,25)15-21(23-16,18-11-7-8-12-19(18)22)14-26-13-17-9-5-4-6-10-17/h4-12H,13-15H2,1-3H3/t21-/m0/s1. The van der Waals surface area contributed by atoms with Crippen LogP contribution in [0.3, 0.4) is 0 Å². The van der Waals surface area contributed by atoms with Gasteiger partial charge in [-0.15, -0.1) is 0 Å². The molecule has 2 aromatic rings. The Labute approximate surface area is 160 Å². The van der Waals surface area contributed by atoms with E-state index in [9.17, 15) is 12.8 Å². The van der Waals surface area contributed by atoms with Crippen LogP contribution < -0.4 is 0 Å². The van der Waals surface area contributed by atoms with Gasteiger partial charge in [0.2, 0.25) is 0 Å². The van der Waals surface area contributed by atoms with Crippen molar-refractivity contribution in [1.29, 1.82) is 0 Å². The van der Waals surface area contributed by atoms with Crippen molar-refractivity contribution >= 4 is 15.5 Å². The highest BCUT2D eigenvalue weighted by Gasteiger charge is 2.51. The molecule has 1 aliphatic heterocycles. The molecule has 0 spiro atoms. The van der Waals surface area contributed by atoms with E-state index in [0.717, 1.165) is 5.56 Å². The lowest BCUT2D eigenvalue weighted by atomic mass is 9.91. The smallest absolute Gasteiger partial charge is 0.163 e. The van der Waals surface area contributed by atoms with Gasteiger partial charge in [-0.1, -0.05) is 48.5 Å². The lowest BCUT2D eigenvalue weighted by molar-refractivity contribution is 0.0782. The van der Waals surface area contributed by atoms with Crippen LogP contribution >= 0.6 is 0 Å². The first-order valence-corrected chi connectivity index (χ1v) is 10.5. The van der Waals surface area contributed by atoms with Crippen LogP contribution in [0.2, 0.25) is 0 Å². The summed E-state index contributed by atoms with van der Waals surface area (Å²) in [5, 5.41) is 0. The minimum absolute atomic E-state index is 0.0184. The van der Waals surface area contributed by atoms with Gasteiger partial charge >= 0.3 is 0 Å². The first-order chi connectivity index (χ1) is 12.7. The fourth-order valence-electron chi connectivity index (χ4n) is 3.25. The Bertz CT molecular complexity index is 954. The van der Waals surface area contributed by atoms with E-state index in [0.29, 0.717) is 12.3 Å². The molecule has 0 amide bonds. The van der Waals surface area contributed by atoms with E-state index in [1.807, 2.05) is 30.3 Å². The predicted molar refractivity (Wildman–Crippen MR) is 105 cm³/mol. The molecular formula is C21H24FNO3S. The molecule has 27 heavy (non-hydrogen) atoms. The molecule has 0 saturated heterocycles. The summed E-state index contributed by atoms with van der Waals surface area (Å²) in [5.74, 6) is -0.771. The van der Waals surface area contributed by atoms with Crippen LogP contribution in [0.5, 0.6) is 0 Å². The number of nitrogens with zero attached hydrogens (tertiary/aromatic N) is 1. The molecule has 0 aliphatic carbocycles. The van der Waals surface area contributed by atoms with Crippen LogP contribution in [-0.2, 0) is 26.7 Å². The number of aliphatic imine (C=N–C) groups is 1. The first kappa shape index (κ1) is 19.7. The Balaban J connectivity index is 2.01. The second-order valence-electron chi connectivity index (χ2n) is 7.46. The van der Waals surface area contributed by atoms with Gasteiger partial charge in [0.05, 0.1) is 19.0 Å². The number of halogens is 1. The molecule has 144 valence electrons. The third-order valence-electron chi connectivity index (χ3n) is 5.29. The van der Waals surface area contributed by atoms with Crippen LogP contribution in [0, 0.1) is 5.82 Å². The average molecular weight is 389 g/mol. The Morgan fingerprint density at radius 2 is 1.70 bits per heavy atom. The van der Waals surface area contributed by atoms with Gasteiger partial charge in [-0.25, -0.2) is 12.8 Å². The summed E-state index contributed by atoms with van der Waals surface area (Å²) < 4.78 is 45.4. The topological polar surface area (TPSA) is 55.7 Å². The van der Waals surface area contributed by atoms with Gasteiger partial charge in [-0.05, 0) is 32.4 Å². The number of ether oxygens (including phenoxy) is 1. The molecule has 1 aliphatic rings. The SMILES string of the molecule is CC1=N[C@](COCc2ccccc2)(c2ccccc2F)CS(=O)(=O)C1(C)C. The quantitative estimate of drug-likeness (QED) is 0.779. The van der Waals surface area contributed by atoms with E-state index in [4.69, 9.17) is 9.73 Å². The monoisotopic (exact) mass is 389 g/mol. The number of hydrogen-bond donors (Lipinski definition) is 0. The zero-order chi connectivity index (χ0) is 19.7. The summed E-state index contributed by atoms with van der Waals surface area (Å²) in [7, 11) is -3.56. The zero-order valence-electron chi connectivity index (χ0n) is 15.8. The molecule has 0 radical (unpaired) electrons. The van der Waals surface area contributed by atoms with Gasteiger partial charge in [0.1, 0.15) is 16.1 Å². The minimum atomic E-state index is -3.56. The van der Waals surface area contributed by atoms with E-state index in [-0.39, 0.29) is 17.9 Å². The lowest BCUT2D eigenvalue weighted by Gasteiger charge is -2.40. The van der Waals surface area contributed by atoms with Crippen LogP contribution in [0.25, 0.3) is 0 Å². The number of benzene rings is 2. The maximum Gasteiger partial charge on any atom is 0.163 e. The summed E-state index contributed by atoms with van der Waals surface area (Å²) in [6, 6.07) is 15.7. The van der Waals surface area contributed by atoms with E-state index in [1.54, 1.807) is 39.0 Å². The molecule has 4 nitrogen and oxygen atoms in total. The summed E-state index contributed by atoms with van der Waals surface area (Å²) >= 11 is 0. The summed E-state index contributed by atoms with van der Waals surface area (Å²) in [6.45, 7) is 5.24. The average Bonchev–Trinajstić information content (AvgIpc) is 2.61. The molecule has 0 saturated carbocycles. The molecule has 0 aromatic heterocycles. The fraction of sp³-hybridized carbons (Fsp3) is 0.381. The van der Waals surface area contributed by atoms with Gasteiger partial charge in [0.25, 0.3) is 0 Å². The molecule has 0 unspecified atom stereocenters. The van der Waals surface area contributed by atoms with Crippen molar-refractivity contribution in [2.75, 3.05) is 12.4 Å². The first-order valence-electron chi connectivity index (χ1n) is 8.84. The normalized spacial score (nSPS) is 23.6. The van der Waals surface area contributed by atoms with E-state index in [1.165, 1.54) is 6.07 Å². The number of rotatable bonds is 5. The third-order valence-corrected chi connectivity index (χ3v) is 7.99. The maximum absolute atomic E-state index is 14.6. The van der Waals surface area contributed by atoms with Crippen LogP contribution in [0.1, 0.15) is 31.9 Å². The van der Waals surface area contributed by atoms with E-state index in [2.05, 4.69) is 0 Å². The second-order valence-corrected chi connectivity index (χ2v) is 10.00. The zero-order valence-corrected chi connectivity index (χ0v) is 16.6. The fourth-order valence-corrected chi connectivity index (χ4v) is 5.04. The second kappa shape index (κ2) is 7.17. The van der Waals surface area contributed by atoms with Crippen molar-refractivity contribution in [3.05, 3.63) is 71.5 Å². The Hall–Kier alpha value is -2.05. The summed E-state index contributed by atoms with van der Waals surface area (Å²) in [5.41, 5.74) is 0.371. The Morgan fingerprint density at radius 1 is 1.07 bits per heavy atom. The number of sulfone groups is 1. The van der Waals surface area contributed by atoms with Crippen molar-refractivity contribution in [1.82, 2.24) is 0 Å². The van der Waals surface area contributed by atoms with Crippen molar-refractivity contribution in [2.45, 2.75) is 37.7 Å². The summed E-state index contributed by atoms with van der Waals surface area (Å²) in [4.78, 5) is 4.70. The van der Waals surface area contributed by atoms with E-state index < -0.39 is 25.9 Å². The van der Waals surface area contributed by atoms with Crippen LogP contribution in [0.4, 0.5) is 4.39 Å². The Morgan fingerprint density at radius 3 is 2.33 bits per heavy atom. The predicted octanol–water partition coefficient (Wildman–Crippen LogP) is 3.91. The van der Waals surface area contributed by atoms with Crippen molar-refractivity contribution < 1.29 is 17.5 Å². The van der Waals surface area contributed by atoms with Crippen molar-refractivity contribution in [3.8, 4) is 0 Å². The van der Waals surface area contributed by atoms with Gasteiger partial charge < -0.3 is 4.74 Å². The van der Waals surface area contributed by atoms with E-state index >= 15 is 0 Å². The molecule has 1 heterocycles. The highest BCUT2D eigenvalue weighted by Crippen LogP contribution is 2.39. The molecule has 1 atom stereocenters. The molecule has 0 bridgehead atoms. The molecule has 6 heteroatoms. The van der Waals surface area contributed by atoms with Gasteiger partial charge in [-0.2, -0.15) is 0 Å². The van der Waals surface area contributed by atoms with Crippen LogP contribution in [-0.4, -0.2) is 31.2 Å². The highest BCUT2D eigenvalue weighted by atomic mass is 32.2. The van der Waals surface area contributed by atoms with Gasteiger partial charge in [0, 0.05) is 11.3 Å². The van der Waals surface area contributed by atoms with Gasteiger partial charge in [0.15, 0.2) is 9.84 Å². The molecule has 2 aromatic carbocycles. The molecular weight excluding hydrogens is 365 g/mol. The largest absolute Gasteiger partial charge is 0.374 e. The Kier molecular flexibility index (Phi) is 5.23. The molecule has 0 N–H and O–H groups in total. The van der Waals surface area contributed by atoms with Crippen molar-refractivity contribution in [3.63, 3.8) is 0 Å². The third kappa shape index (κ3) is 3.69. The summed E-state index contributed by atoms with van der Waals surface area (Å²) in [6.07, 6.45) is 0. The van der Waals surface area contributed by atoms with Gasteiger partial charge in [-0.3, -0.25) is 4.99 Å². The van der Waals surface area contributed by atoms with Crippen LogP contribution in [0.15, 0.2) is 59.6 Å².